The molecule has 1 aliphatic rings. The van der Waals surface area contributed by atoms with E-state index in [1.807, 2.05) is 30.3 Å². The molecule has 0 spiro atoms. The van der Waals surface area contributed by atoms with Gasteiger partial charge in [-0.2, -0.15) is 0 Å². The molecule has 1 heterocycles. The van der Waals surface area contributed by atoms with E-state index in [4.69, 9.17) is 34.8 Å². The molecule has 0 aromatic heterocycles. The molecule has 0 aliphatic carbocycles. The Morgan fingerprint density at radius 1 is 1.21 bits per heavy atom. The Bertz CT molecular complexity index is 528. The Morgan fingerprint density at radius 2 is 1.84 bits per heavy atom. The van der Waals surface area contributed by atoms with Gasteiger partial charge in [0, 0.05) is 6.04 Å². The fourth-order valence-corrected chi connectivity index (χ4v) is 4.44. The number of benzene rings is 1. The van der Waals surface area contributed by atoms with Crippen LogP contribution in [0, 0.1) is 0 Å². The number of sulfone groups is 1. The molecule has 1 aromatic rings. The summed E-state index contributed by atoms with van der Waals surface area (Å²) < 4.78 is 21.4. The lowest BCUT2D eigenvalue weighted by atomic mass is 10.1. The van der Waals surface area contributed by atoms with Crippen LogP contribution < -0.4 is 5.32 Å². The van der Waals surface area contributed by atoms with Crippen LogP contribution in [0.25, 0.3) is 0 Å². The van der Waals surface area contributed by atoms with E-state index in [0.29, 0.717) is 6.42 Å². The van der Waals surface area contributed by atoms with Crippen molar-refractivity contribution in [2.75, 3.05) is 11.5 Å². The second-order valence-electron chi connectivity index (χ2n) is 4.65. The average molecular weight is 343 g/mol. The smallest absolute Gasteiger partial charge is 0.209 e. The molecule has 1 aromatic carbocycles. The molecule has 0 unspecified atom stereocenters. The van der Waals surface area contributed by atoms with Crippen LogP contribution in [-0.4, -0.2) is 29.8 Å². The third-order valence-electron chi connectivity index (χ3n) is 3.10. The molecular formula is C12H14Cl3NO2S. The maximum Gasteiger partial charge on any atom is 0.209 e. The number of hydrogen-bond acceptors (Lipinski definition) is 3. The highest BCUT2D eigenvalue weighted by molar-refractivity contribution is 7.91. The molecule has 1 N–H and O–H groups in total. The van der Waals surface area contributed by atoms with Crippen molar-refractivity contribution in [1.29, 1.82) is 0 Å². The lowest BCUT2D eigenvalue weighted by Gasteiger charge is -2.28. The lowest BCUT2D eigenvalue weighted by Crippen LogP contribution is -2.40. The Balaban J connectivity index is 2.17. The maximum absolute atomic E-state index is 11.5. The van der Waals surface area contributed by atoms with Crippen LogP contribution in [0.5, 0.6) is 0 Å². The first-order valence-corrected chi connectivity index (χ1v) is 8.81. The van der Waals surface area contributed by atoms with E-state index in [1.54, 1.807) is 0 Å². The van der Waals surface area contributed by atoms with Gasteiger partial charge in [-0.15, -0.1) is 0 Å². The van der Waals surface area contributed by atoms with Crippen LogP contribution in [0.4, 0.5) is 0 Å². The van der Waals surface area contributed by atoms with Gasteiger partial charge in [0.15, 0.2) is 9.84 Å². The van der Waals surface area contributed by atoms with Gasteiger partial charge in [0.25, 0.3) is 0 Å². The summed E-state index contributed by atoms with van der Waals surface area (Å²) in [5, 5.41) is 3.15. The van der Waals surface area contributed by atoms with Crippen LogP contribution in [0.2, 0.25) is 0 Å². The summed E-state index contributed by atoms with van der Waals surface area (Å²) in [6.45, 7) is 0. The molecule has 1 aliphatic heterocycles. The highest BCUT2D eigenvalue weighted by Gasteiger charge is 2.38. The maximum atomic E-state index is 11.5. The Labute approximate surface area is 128 Å². The van der Waals surface area contributed by atoms with Crippen LogP contribution in [-0.2, 0) is 9.84 Å². The molecule has 7 heteroatoms. The highest BCUT2D eigenvalue weighted by Crippen LogP contribution is 2.40. The summed E-state index contributed by atoms with van der Waals surface area (Å²) >= 11 is 18.0. The van der Waals surface area contributed by atoms with E-state index in [-0.39, 0.29) is 17.5 Å². The fraction of sp³-hybridized carbons (Fsp3) is 0.500. The van der Waals surface area contributed by atoms with E-state index >= 15 is 0 Å². The second kappa shape index (κ2) is 5.78. The van der Waals surface area contributed by atoms with Gasteiger partial charge in [0.05, 0.1) is 17.5 Å². The van der Waals surface area contributed by atoms with Crippen molar-refractivity contribution in [3.8, 4) is 0 Å². The Hall–Kier alpha value is -0.000000000000000111. The fourth-order valence-electron chi connectivity index (χ4n) is 2.19. The van der Waals surface area contributed by atoms with Crippen molar-refractivity contribution in [3.05, 3.63) is 35.9 Å². The van der Waals surface area contributed by atoms with Crippen LogP contribution in [0.15, 0.2) is 30.3 Å². The van der Waals surface area contributed by atoms with Gasteiger partial charge in [0.2, 0.25) is 3.79 Å². The molecule has 0 radical (unpaired) electrons. The number of hydrogen-bond donors (Lipinski definition) is 1. The zero-order valence-electron chi connectivity index (χ0n) is 10.0. The molecule has 0 bridgehead atoms. The Morgan fingerprint density at radius 3 is 2.32 bits per heavy atom. The van der Waals surface area contributed by atoms with E-state index < -0.39 is 19.7 Å². The normalized spacial score (nSPS) is 24.3. The summed E-state index contributed by atoms with van der Waals surface area (Å²) in [7, 11) is -2.96. The third kappa shape index (κ3) is 4.23. The monoisotopic (exact) mass is 341 g/mol. The summed E-state index contributed by atoms with van der Waals surface area (Å²) in [5.41, 5.74) is 0.826. The molecule has 0 saturated carbocycles. The van der Waals surface area contributed by atoms with Crippen molar-refractivity contribution in [3.63, 3.8) is 0 Å². The molecule has 3 nitrogen and oxygen atoms in total. The van der Waals surface area contributed by atoms with Crippen LogP contribution in [0.3, 0.4) is 0 Å². The molecule has 106 valence electrons. The van der Waals surface area contributed by atoms with Crippen LogP contribution >= 0.6 is 34.8 Å². The summed E-state index contributed by atoms with van der Waals surface area (Å²) in [5.74, 6) is 0.281. The van der Waals surface area contributed by atoms with Gasteiger partial charge in [-0.3, -0.25) is 0 Å². The van der Waals surface area contributed by atoms with Crippen molar-refractivity contribution in [1.82, 2.24) is 5.32 Å². The molecule has 2 atom stereocenters. The van der Waals surface area contributed by atoms with Gasteiger partial charge < -0.3 is 5.32 Å². The van der Waals surface area contributed by atoms with Crippen molar-refractivity contribution in [2.24, 2.45) is 0 Å². The summed E-state index contributed by atoms with van der Waals surface area (Å²) in [6, 6.07) is 8.57. The minimum absolute atomic E-state index is 0.0943. The molecule has 0 amide bonds. The predicted molar refractivity (Wildman–Crippen MR) is 79.7 cm³/mol. The second-order valence-corrected chi connectivity index (χ2v) is 9.25. The third-order valence-corrected chi connectivity index (χ3v) is 5.52. The first kappa shape index (κ1) is 15.4. The number of nitrogens with one attached hydrogen (secondary N) is 1. The van der Waals surface area contributed by atoms with Crippen molar-refractivity contribution < 1.29 is 8.42 Å². The van der Waals surface area contributed by atoms with E-state index in [0.717, 1.165) is 5.56 Å². The zero-order valence-corrected chi connectivity index (χ0v) is 13.1. The highest BCUT2D eigenvalue weighted by atomic mass is 35.6. The van der Waals surface area contributed by atoms with E-state index in [9.17, 15) is 8.42 Å². The first-order valence-electron chi connectivity index (χ1n) is 5.86. The molecule has 1 fully saturated rings. The first-order chi connectivity index (χ1) is 8.78. The minimum Gasteiger partial charge on any atom is -0.303 e. The number of alkyl halides is 3. The largest absolute Gasteiger partial charge is 0.303 e. The quantitative estimate of drug-likeness (QED) is 0.859. The summed E-state index contributed by atoms with van der Waals surface area (Å²) in [4.78, 5) is 0. The van der Waals surface area contributed by atoms with Crippen LogP contribution in [0.1, 0.15) is 18.0 Å². The SMILES string of the molecule is O=S1(=O)CC[C@@H](N[C@H](c2ccccc2)C(Cl)(Cl)Cl)C1. The molecule has 2 rings (SSSR count). The molecule has 1 saturated heterocycles. The number of halogens is 3. The van der Waals surface area contributed by atoms with Gasteiger partial charge in [-0.25, -0.2) is 8.42 Å². The van der Waals surface area contributed by atoms with Gasteiger partial charge in [-0.05, 0) is 12.0 Å². The number of rotatable bonds is 3. The van der Waals surface area contributed by atoms with E-state index in [2.05, 4.69) is 5.32 Å². The summed E-state index contributed by atoms with van der Waals surface area (Å²) in [6.07, 6.45) is 0.548. The van der Waals surface area contributed by atoms with E-state index in [1.165, 1.54) is 0 Å². The topological polar surface area (TPSA) is 46.2 Å². The lowest BCUT2D eigenvalue weighted by molar-refractivity contribution is 0.464. The van der Waals surface area contributed by atoms with Crippen molar-refractivity contribution in [2.45, 2.75) is 22.3 Å². The molecule has 19 heavy (non-hydrogen) atoms. The van der Waals surface area contributed by atoms with Gasteiger partial charge in [0.1, 0.15) is 0 Å². The molecular weight excluding hydrogens is 329 g/mol. The zero-order chi connectivity index (χ0) is 14.1. The Kier molecular flexibility index (Phi) is 4.68. The van der Waals surface area contributed by atoms with Gasteiger partial charge in [-0.1, -0.05) is 65.1 Å². The minimum atomic E-state index is -2.96. The van der Waals surface area contributed by atoms with Gasteiger partial charge >= 0.3 is 0 Å². The predicted octanol–water partition coefficient (Wildman–Crippen LogP) is 2.87. The average Bonchev–Trinajstić information content (AvgIpc) is 2.65. The van der Waals surface area contributed by atoms with Crippen molar-refractivity contribution >= 4 is 44.6 Å². The standard InChI is InChI=1S/C12H14Cl3NO2S/c13-12(14,15)11(9-4-2-1-3-5-9)16-10-6-7-19(17,18)8-10/h1-5,10-11,16H,6-8H2/t10-,11-/m1/s1.